The largest absolute Gasteiger partial charge is 0.461 e. The molecule has 1 aromatic rings. The number of carbonyl (C=O) groups is 2. The molecule has 21 heavy (non-hydrogen) atoms. The van der Waals surface area contributed by atoms with Gasteiger partial charge in [0.05, 0.1) is 0 Å². The Morgan fingerprint density at radius 2 is 1.81 bits per heavy atom. The van der Waals surface area contributed by atoms with Crippen molar-refractivity contribution in [3.63, 3.8) is 0 Å². The smallest absolute Gasteiger partial charge is 0.335 e. The molecular formula is C16H22O5. The van der Waals surface area contributed by atoms with Gasteiger partial charge in [-0.15, -0.1) is 0 Å². The molecule has 0 fully saturated rings. The van der Waals surface area contributed by atoms with Crippen LogP contribution in [-0.4, -0.2) is 28.8 Å². The molecule has 0 heterocycles. The van der Waals surface area contributed by atoms with Crippen LogP contribution in [0.2, 0.25) is 0 Å². The molecule has 0 spiro atoms. The van der Waals surface area contributed by atoms with E-state index in [-0.39, 0.29) is 19.4 Å². The number of benzene rings is 1. The van der Waals surface area contributed by atoms with Crippen LogP contribution in [0.1, 0.15) is 39.2 Å². The predicted molar refractivity (Wildman–Crippen MR) is 77.3 cm³/mol. The number of carbonyl (C=O) groups excluding carboxylic acids is 2. The van der Waals surface area contributed by atoms with Gasteiger partial charge >= 0.3 is 11.9 Å². The number of hydrogen-bond donors (Lipinski definition) is 1. The molecule has 0 aromatic heterocycles. The minimum absolute atomic E-state index is 0.0114. The van der Waals surface area contributed by atoms with Crippen LogP contribution in [0.5, 0.6) is 0 Å². The van der Waals surface area contributed by atoms with Gasteiger partial charge in [-0.1, -0.05) is 30.3 Å². The highest BCUT2D eigenvalue weighted by atomic mass is 16.6. The molecule has 1 aromatic carbocycles. The van der Waals surface area contributed by atoms with Crippen molar-refractivity contribution in [2.24, 2.45) is 0 Å². The third-order valence-corrected chi connectivity index (χ3v) is 2.54. The fourth-order valence-corrected chi connectivity index (χ4v) is 1.55. The quantitative estimate of drug-likeness (QED) is 0.814. The Morgan fingerprint density at radius 3 is 2.38 bits per heavy atom. The average molecular weight is 294 g/mol. The normalized spacial score (nSPS) is 12.6. The summed E-state index contributed by atoms with van der Waals surface area (Å²) in [4.78, 5) is 23.1. The lowest BCUT2D eigenvalue weighted by Crippen LogP contribution is -2.32. The molecule has 5 nitrogen and oxygen atoms in total. The van der Waals surface area contributed by atoms with Gasteiger partial charge < -0.3 is 14.6 Å². The summed E-state index contributed by atoms with van der Waals surface area (Å²) in [6.45, 7) is 5.32. The summed E-state index contributed by atoms with van der Waals surface area (Å²) in [6.07, 6.45) is -1.36. The molecule has 5 heteroatoms. The second-order valence-corrected chi connectivity index (χ2v) is 5.73. The Balaban J connectivity index is 2.28. The lowest BCUT2D eigenvalue weighted by atomic mass is 10.1. The lowest BCUT2D eigenvalue weighted by Gasteiger charge is -2.21. The van der Waals surface area contributed by atoms with E-state index in [4.69, 9.17) is 9.47 Å². The topological polar surface area (TPSA) is 72.8 Å². The third kappa shape index (κ3) is 7.46. The van der Waals surface area contributed by atoms with E-state index >= 15 is 0 Å². The van der Waals surface area contributed by atoms with E-state index in [0.29, 0.717) is 0 Å². The second-order valence-electron chi connectivity index (χ2n) is 5.73. The molecule has 0 amide bonds. The van der Waals surface area contributed by atoms with Crippen LogP contribution in [0.3, 0.4) is 0 Å². The van der Waals surface area contributed by atoms with Crippen LogP contribution in [-0.2, 0) is 25.7 Å². The number of aliphatic hydroxyl groups excluding tert-OH is 1. The van der Waals surface area contributed by atoms with E-state index in [1.807, 2.05) is 30.3 Å². The highest BCUT2D eigenvalue weighted by Gasteiger charge is 2.23. The Hall–Kier alpha value is -1.88. The molecule has 1 rings (SSSR count). The van der Waals surface area contributed by atoms with Gasteiger partial charge in [-0.05, 0) is 32.8 Å². The molecular weight excluding hydrogens is 272 g/mol. The van der Waals surface area contributed by atoms with Crippen molar-refractivity contribution in [3.05, 3.63) is 35.9 Å². The van der Waals surface area contributed by atoms with Gasteiger partial charge in [-0.3, -0.25) is 4.79 Å². The standard InChI is InChI=1S/C16H22O5/c1-16(2,3)21-15(19)13(17)9-10-14(18)20-11-12-7-5-4-6-8-12/h4-8,13,17H,9-11H2,1-3H3/t13-/m1/s1. The number of ether oxygens (including phenoxy) is 2. The van der Waals surface area contributed by atoms with Crippen LogP contribution in [0.4, 0.5) is 0 Å². The first-order valence-corrected chi connectivity index (χ1v) is 6.88. The van der Waals surface area contributed by atoms with Crippen LogP contribution in [0, 0.1) is 0 Å². The van der Waals surface area contributed by atoms with Crippen molar-refractivity contribution in [1.82, 2.24) is 0 Å². The zero-order valence-corrected chi connectivity index (χ0v) is 12.7. The molecule has 0 saturated heterocycles. The predicted octanol–water partition coefficient (Wildman–Crippen LogP) is 2.21. The van der Waals surface area contributed by atoms with E-state index in [1.165, 1.54) is 0 Å². The molecule has 0 aliphatic heterocycles. The number of rotatable bonds is 6. The van der Waals surface area contributed by atoms with Crippen LogP contribution >= 0.6 is 0 Å². The lowest BCUT2D eigenvalue weighted by molar-refractivity contribution is -0.165. The maximum atomic E-state index is 11.5. The Kier molecular flexibility index (Phi) is 6.37. The summed E-state index contributed by atoms with van der Waals surface area (Å²) in [7, 11) is 0. The molecule has 0 bridgehead atoms. The SMILES string of the molecule is CC(C)(C)OC(=O)[C@H](O)CCC(=O)OCc1ccccc1. The molecule has 0 radical (unpaired) electrons. The van der Waals surface area contributed by atoms with Crippen LogP contribution < -0.4 is 0 Å². The van der Waals surface area contributed by atoms with E-state index in [0.717, 1.165) is 5.56 Å². The van der Waals surface area contributed by atoms with Crippen molar-refractivity contribution in [1.29, 1.82) is 0 Å². The van der Waals surface area contributed by atoms with Crippen molar-refractivity contribution in [2.75, 3.05) is 0 Å². The molecule has 0 aliphatic rings. The van der Waals surface area contributed by atoms with Crippen molar-refractivity contribution in [2.45, 2.75) is 51.9 Å². The average Bonchev–Trinajstić information content (AvgIpc) is 2.41. The number of esters is 2. The van der Waals surface area contributed by atoms with Crippen molar-refractivity contribution >= 4 is 11.9 Å². The second kappa shape index (κ2) is 7.78. The molecule has 1 N–H and O–H groups in total. The fourth-order valence-electron chi connectivity index (χ4n) is 1.55. The highest BCUT2D eigenvalue weighted by molar-refractivity contribution is 5.76. The summed E-state index contributed by atoms with van der Waals surface area (Å²) in [5.41, 5.74) is 0.227. The molecule has 116 valence electrons. The maximum Gasteiger partial charge on any atom is 0.335 e. The van der Waals surface area contributed by atoms with E-state index in [9.17, 15) is 14.7 Å². The van der Waals surface area contributed by atoms with Gasteiger partial charge in [-0.2, -0.15) is 0 Å². The fraction of sp³-hybridized carbons (Fsp3) is 0.500. The first-order chi connectivity index (χ1) is 9.78. The van der Waals surface area contributed by atoms with Gasteiger partial charge in [0, 0.05) is 6.42 Å². The van der Waals surface area contributed by atoms with Gasteiger partial charge in [0.2, 0.25) is 0 Å². The summed E-state index contributed by atoms with van der Waals surface area (Å²) in [5, 5.41) is 9.63. The zero-order chi connectivity index (χ0) is 15.9. The Bertz CT molecular complexity index is 461. The van der Waals surface area contributed by atoms with Gasteiger partial charge in [0.15, 0.2) is 6.10 Å². The third-order valence-electron chi connectivity index (χ3n) is 2.54. The summed E-state index contributed by atoms with van der Waals surface area (Å²) >= 11 is 0. The van der Waals surface area contributed by atoms with Gasteiger partial charge in [-0.25, -0.2) is 4.79 Å². The number of aliphatic hydroxyl groups is 1. The highest BCUT2D eigenvalue weighted by Crippen LogP contribution is 2.11. The van der Waals surface area contributed by atoms with E-state index in [2.05, 4.69) is 0 Å². The van der Waals surface area contributed by atoms with Gasteiger partial charge in [0.25, 0.3) is 0 Å². The van der Waals surface area contributed by atoms with Crippen molar-refractivity contribution in [3.8, 4) is 0 Å². The first-order valence-electron chi connectivity index (χ1n) is 6.88. The van der Waals surface area contributed by atoms with E-state index in [1.54, 1.807) is 20.8 Å². The Morgan fingerprint density at radius 1 is 1.19 bits per heavy atom. The van der Waals surface area contributed by atoms with Gasteiger partial charge in [0.1, 0.15) is 12.2 Å². The monoisotopic (exact) mass is 294 g/mol. The Labute approximate surface area is 124 Å². The summed E-state index contributed by atoms with van der Waals surface area (Å²) in [5.74, 6) is -1.18. The number of hydrogen-bond acceptors (Lipinski definition) is 5. The van der Waals surface area contributed by atoms with Crippen molar-refractivity contribution < 1.29 is 24.2 Å². The first kappa shape index (κ1) is 17.2. The van der Waals surface area contributed by atoms with E-state index < -0.39 is 23.6 Å². The molecule has 1 atom stereocenters. The minimum atomic E-state index is -1.31. The van der Waals surface area contributed by atoms with Crippen LogP contribution in [0.25, 0.3) is 0 Å². The molecule has 0 aliphatic carbocycles. The molecule has 0 unspecified atom stereocenters. The molecule has 0 saturated carbocycles. The zero-order valence-electron chi connectivity index (χ0n) is 12.7. The summed E-state index contributed by atoms with van der Waals surface area (Å²) < 4.78 is 10.1. The summed E-state index contributed by atoms with van der Waals surface area (Å²) in [6, 6.07) is 9.29. The maximum absolute atomic E-state index is 11.5. The minimum Gasteiger partial charge on any atom is -0.461 e. The van der Waals surface area contributed by atoms with Crippen LogP contribution in [0.15, 0.2) is 30.3 Å².